The van der Waals surface area contributed by atoms with Gasteiger partial charge < -0.3 is 14.5 Å². The lowest BCUT2D eigenvalue weighted by molar-refractivity contribution is -0.134. The molecule has 5 heteroatoms. The van der Waals surface area contributed by atoms with E-state index in [2.05, 4.69) is 0 Å². The molecule has 2 amide bonds. The summed E-state index contributed by atoms with van der Waals surface area (Å²) in [5.41, 5.74) is 0.747. The Morgan fingerprint density at radius 1 is 1.21 bits per heavy atom. The highest BCUT2D eigenvalue weighted by molar-refractivity contribution is 5.97. The highest BCUT2D eigenvalue weighted by Crippen LogP contribution is 2.13. The summed E-state index contributed by atoms with van der Waals surface area (Å²) >= 11 is 0. The van der Waals surface area contributed by atoms with E-state index in [9.17, 15) is 9.59 Å². The minimum absolute atomic E-state index is 0.0395. The van der Waals surface area contributed by atoms with Crippen LogP contribution >= 0.6 is 0 Å². The Morgan fingerprint density at radius 2 is 1.84 bits per heavy atom. The molecule has 1 aromatic carbocycles. The van der Waals surface area contributed by atoms with Gasteiger partial charge in [-0.15, -0.1) is 0 Å². The largest absolute Gasteiger partial charge is 0.378 e. The van der Waals surface area contributed by atoms with Crippen molar-refractivity contribution in [2.75, 3.05) is 37.7 Å². The SMILES string of the molecule is CC(=O)N(CC(=O)N1CCOCC1)c1ccccc1. The normalized spacial score (nSPS) is 15.1. The Balaban J connectivity index is 2.04. The van der Waals surface area contributed by atoms with E-state index in [1.54, 1.807) is 4.90 Å². The molecule has 1 fully saturated rings. The Hall–Kier alpha value is -1.88. The van der Waals surface area contributed by atoms with Crippen LogP contribution in [0.5, 0.6) is 0 Å². The van der Waals surface area contributed by atoms with Gasteiger partial charge in [0.2, 0.25) is 11.8 Å². The minimum atomic E-state index is -0.132. The van der Waals surface area contributed by atoms with E-state index < -0.39 is 0 Å². The summed E-state index contributed by atoms with van der Waals surface area (Å²) in [5, 5.41) is 0. The maximum absolute atomic E-state index is 12.2. The van der Waals surface area contributed by atoms with Gasteiger partial charge in [-0.25, -0.2) is 0 Å². The molecule has 0 radical (unpaired) electrons. The molecule has 2 rings (SSSR count). The molecule has 0 unspecified atom stereocenters. The lowest BCUT2D eigenvalue weighted by Gasteiger charge is -2.29. The van der Waals surface area contributed by atoms with Gasteiger partial charge in [0, 0.05) is 25.7 Å². The van der Waals surface area contributed by atoms with Crippen molar-refractivity contribution < 1.29 is 14.3 Å². The van der Waals surface area contributed by atoms with Crippen LogP contribution in [0.2, 0.25) is 0 Å². The van der Waals surface area contributed by atoms with E-state index >= 15 is 0 Å². The minimum Gasteiger partial charge on any atom is -0.378 e. The van der Waals surface area contributed by atoms with Crippen LogP contribution in [0.1, 0.15) is 6.92 Å². The smallest absolute Gasteiger partial charge is 0.242 e. The van der Waals surface area contributed by atoms with Crippen LogP contribution in [-0.4, -0.2) is 49.6 Å². The fraction of sp³-hybridized carbons (Fsp3) is 0.429. The number of carbonyl (C=O) groups is 2. The molecule has 1 aliphatic rings. The zero-order chi connectivity index (χ0) is 13.7. The van der Waals surface area contributed by atoms with Gasteiger partial charge in [-0.2, -0.15) is 0 Å². The van der Waals surface area contributed by atoms with Crippen molar-refractivity contribution in [2.45, 2.75) is 6.92 Å². The topological polar surface area (TPSA) is 49.9 Å². The number of hydrogen-bond donors (Lipinski definition) is 0. The first-order valence-corrected chi connectivity index (χ1v) is 6.37. The zero-order valence-corrected chi connectivity index (χ0v) is 11.0. The number of nitrogens with zero attached hydrogens (tertiary/aromatic N) is 2. The standard InChI is InChI=1S/C14H18N2O3/c1-12(17)16(13-5-3-2-4-6-13)11-14(18)15-7-9-19-10-8-15/h2-6H,7-11H2,1H3. The van der Waals surface area contributed by atoms with E-state index in [-0.39, 0.29) is 18.4 Å². The molecule has 0 saturated carbocycles. The van der Waals surface area contributed by atoms with Crippen molar-refractivity contribution >= 4 is 17.5 Å². The number of amides is 2. The molecule has 0 aromatic heterocycles. The summed E-state index contributed by atoms with van der Waals surface area (Å²) in [6.45, 7) is 3.88. The van der Waals surface area contributed by atoms with Gasteiger partial charge in [0.1, 0.15) is 6.54 Å². The van der Waals surface area contributed by atoms with Crippen LogP contribution in [0, 0.1) is 0 Å². The van der Waals surface area contributed by atoms with E-state index in [1.807, 2.05) is 30.3 Å². The van der Waals surface area contributed by atoms with Gasteiger partial charge in [0.15, 0.2) is 0 Å². The predicted molar refractivity (Wildman–Crippen MR) is 71.9 cm³/mol. The third-order valence-electron chi connectivity index (χ3n) is 3.11. The summed E-state index contributed by atoms with van der Waals surface area (Å²) in [6, 6.07) is 9.24. The van der Waals surface area contributed by atoms with Gasteiger partial charge in [-0.1, -0.05) is 18.2 Å². The van der Waals surface area contributed by atoms with Crippen molar-refractivity contribution in [2.24, 2.45) is 0 Å². The molecule has 0 atom stereocenters. The van der Waals surface area contributed by atoms with Crippen molar-refractivity contribution in [3.63, 3.8) is 0 Å². The molecule has 1 aromatic rings. The van der Waals surface area contributed by atoms with Crippen molar-refractivity contribution in [1.29, 1.82) is 0 Å². The van der Waals surface area contributed by atoms with Crippen LogP contribution in [-0.2, 0) is 14.3 Å². The average Bonchev–Trinajstić information content (AvgIpc) is 2.46. The van der Waals surface area contributed by atoms with E-state index in [4.69, 9.17) is 4.74 Å². The number of benzene rings is 1. The molecule has 0 bridgehead atoms. The number of anilines is 1. The molecular formula is C14H18N2O3. The molecule has 0 N–H and O–H groups in total. The van der Waals surface area contributed by atoms with Crippen LogP contribution in [0.4, 0.5) is 5.69 Å². The van der Waals surface area contributed by atoms with Crippen molar-refractivity contribution in [1.82, 2.24) is 4.90 Å². The van der Waals surface area contributed by atoms with Crippen molar-refractivity contribution in [3.05, 3.63) is 30.3 Å². The van der Waals surface area contributed by atoms with Gasteiger partial charge in [-0.05, 0) is 12.1 Å². The first-order valence-electron chi connectivity index (χ1n) is 6.37. The second-order valence-corrected chi connectivity index (χ2v) is 4.43. The number of morpholine rings is 1. The van der Waals surface area contributed by atoms with Crippen molar-refractivity contribution in [3.8, 4) is 0 Å². The monoisotopic (exact) mass is 262 g/mol. The first-order chi connectivity index (χ1) is 9.18. The maximum atomic E-state index is 12.2. The lowest BCUT2D eigenvalue weighted by atomic mass is 10.2. The summed E-state index contributed by atoms with van der Waals surface area (Å²) in [7, 11) is 0. The Labute approximate surface area is 112 Å². The van der Waals surface area contributed by atoms with Gasteiger partial charge in [0.05, 0.1) is 13.2 Å². The highest BCUT2D eigenvalue weighted by atomic mass is 16.5. The first kappa shape index (κ1) is 13.5. The Kier molecular flexibility index (Phi) is 4.52. The molecule has 1 heterocycles. The Morgan fingerprint density at radius 3 is 2.42 bits per heavy atom. The van der Waals surface area contributed by atoms with Gasteiger partial charge in [-0.3, -0.25) is 9.59 Å². The molecular weight excluding hydrogens is 244 g/mol. The van der Waals surface area contributed by atoms with E-state index in [0.717, 1.165) is 5.69 Å². The average molecular weight is 262 g/mol. The summed E-state index contributed by atoms with van der Waals surface area (Å²) in [6.07, 6.45) is 0. The highest BCUT2D eigenvalue weighted by Gasteiger charge is 2.21. The van der Waals surface area contributed by atoms with Gasteiger partial charge in [0.25, 0.3) is 0 Å². The summed E-state index contributed by atoms with van der Waals surface area (Å²) < 4.78 is 5.21. The van der Waals surface area contributed by atoms with Crippen LogP contribution in [0.3, 0.4) is 0 Å². The van der Waals surface area contributed by atoms with Gasteiger partial charge >= 0.3 is 0 Å². The third-order valence-corrected chi connectivity index (χ3v) is 3.11. The summed E-state index contributed by atoms with van der Waals surface area (Å²) in [5.74, 6) is -0.171. The number of para-hydroxylation sites is 1. The molecule has 19 heavy (non-hydrogen) atoms. The number of carbonyl (C=O) groups excluding carboxylic acids is 2. The molecule has 5 nitrogen and oxygen atoms in total. The zero-order valence-electron chi connectivity index (χ0n) is 11.0. The number of ether oxygens (including phenoxy) is 1. The number of rotatable bonds is 3. The molecule has 1 saturated heterocycles. The Bertz CT molecular complexity index is 441. The second-order valence-electron chi connectivity index (χ2n) is 4.43. The molecule has 0 aliphatic carbocycles. The maximum Gasteiger partial charge on any atom is 0.242 e. The third kappa shape index (κ3) is 3.54. The predicted octanol–water partition coefficient (Wildman–Crippen LogP) is 0.898. The number of hydrogen-bond acceptors (Lipinski definition) is 3. The van der Waals surface area contributed by atoms with Crippen LogP contribution in [0.25, 0.3) is 0 Å². The second kappa shape index (κ2) is 6.33. The molecule has 0 spiro atoms. The molecule has 1 aliphatic heterocycles. The van der Waals surface area contributed by atoms with E-state index in [1.165, 1.54) is 11.8 Å². The summed E-state index contributed by atoms with van der Waals surface area (Å²) in [4.78, 5) is 27.1. The van der Waals surface area contributed by atoms with E-state index in [0.29, 0.717) is 26.3 Å². The fourth-order valence-electron chi connectivity index (χ4n) is 2.04. The van der Waals surface area contributed by atoms with Crippen LogP contribution in [0.15, 0.2) is 30.3 Å². The van der Waals surface area contributed by atoms with Crippen LogP contribution < -0.4 is 4.90 Å². The molecule has 102 valence electrons. The fourth-order valence-corrected chi connectivity index (χ4v) is 2.04. The lowest BCUT2D eigenvalue weighted by Crippen LogP contribution is -2.46. The quantitative estimate of drug-likeness (QED) is 0.813.